The molecule has 20 heavy (non-hydrogen) atoms. The first kappa shape index (κ1) is 12.9. The predicted molar refractivity (Wildman–Crippen MR) is 76.5 cm³/mol. The second-order valence-electron chi connectivity index (χ2n) is 5.14. The van der Waals surface area contributed by atoms with Crippen molar-refractivity contribution in [3.8, 4) is 0 Å². The highest BCUT2D eigenvalue weighted by atomic mass is 16.1. The number of carbonyl (C=O) groups is 1. The van der Waals surface area contributed by atoms with Gasteiger partial charge in [-0.2, -0.15) is 0 Å². The van der Waals surface area contributed by atoms with Crippen LogP contribution >= 0.6 is 0 Å². The molecule has 4 N–H and O–H groups in total. The van der Waals surface area contributed by atoms with E-state index in [-0.39, 0.29) is 5.91 Å². The molecule has 3 rings (SSSR count). The summed E-state index contributed by atoms with van der Waals surface area (Å²) in [7, 11) is 1.76. The van der Waals surface area contributed by atoms with Gasteiger partial charge in [0.15, 0.2) is 0 Å². The Hall–Kier alpha value is -2.15. The van der Waals surface area contributed by atoms with E-state index in [9.17, 15) is 4.79 Å². The van der Waals surface area contributed by atoms with Crippen molar-refractivity contribution >= 4 is 22.8 Å². The number of nitrogens with one attached hydrogen (secondary N) is 2. The van der Waals surface area contributed by atoms with Crippen molar-refractivity contribution in [3.05, 3.63) is 18.1 Å². The number of hydrogen-bond donors (Lipinski definition) is 3. The van der Waals surface area contributed by atoms with Crippen LogP contribution in [-0.4, -0.2) is 46.5 Å². The SMILES string of the molecule is CCc1c[nH]c2ncnc(N3CC(NC)(C(N)=O)C3)c12. The molecule has 7 nitrogen and oxygen atoms in total. The minimum atomic E-state index is -0.653. The number of nitrogens with zero attached hydrogens (tertiary/aromatic N) is 3. The van der Waals surface area contributed by atoms with E-state index < -0.39 is 5.54 Å². The van der Waals surface area contributed by atoms with Gasteiger partial charge in [-0.1, -0.05) is 6.92 Å². The summed E-state index contributed by atoms with van der Waals surface area (Å²) in [5.41, 5.74) is 6.82. The zero-order valence-electron chi connectivity index (χ0n) is 11.6. The van der Waals surface area contributed by atoms with Gasteiger partial charge in [-0.25, -0.2) is 9.97 Å². The molecule has 1 aliphatic rings. The van der Waals surface area contributed by atoms with Crippen LogP contribution in [0.3, 0.4) is 0 Å². The Morgan fingerprint density at radius 3 is 2.90 bits per heavy atom. The van der Waals surface area contributed by atoms with Crippen molar-refractivity contribution in [1.82, 2.24) is 20.3 Å². The van der Waals surface area contributed by atoms with Crippen LogP contribution in [0.15, 0.2) is 12.5 Å². The number of fused-ring (bicyclic) bond motifs is 1. The molecule has 0 atom stereocenters. The normalized spacial score (nSPS) is 17.2. The molecular formula is C13H18N6O. The highest BCUT2D eigenvalue weighted by molar-refractivity contribution is 5.94. The predicted octanol–water partition coefficient (Wildman–Crippen LogP) is -0.216. The van der Waals surface area contributed by atoms with Gasteiger partial charge in [-0.3, -0.25) is 4.79 Å². The molecule has 0 aromatic carbocycles. The molecule has 1 saturated heterocycles. The lowest BCUT2D eigenvalue weighted by Gasteiger charge is -2.48. The first-order valence-electron chi connectivity index (χ1n) is 6.66. The topological polar surface area (TPSA) is 99.9 Å². The third-order valence-electron chi connectivity index (χ3n) is 4.08. The number of primary amides is 1. The van der Waals surface area contributed by atoms with E-state index in [0.29, 0.717) is 13.1 Å². The summed E-state index contributed by atoms with van der Waals surface area (Å²) in [6.45, 7) is 3.15. The third-order valence-corrected chi connectivity index (χ3v) is 4.08. The van der Waals surface area contributed by atoms with Gasteiger partial charge in [-0.05, 0) is 19.0 Å². The van der Waals surface area contributed by atoms with Gasteiger partial charge in [-0.15, -0.1) is 0 Å². The smallest absolute Gasteiger partial charge is 0.241 e. The molecule has 0 bridgehead atoms. The van der Waals surface area contributed by atoms with E-state index in [1.54, 1.807) is 7.05 Å². The number of hydrogen-bond acceptors (Lipinski definition) is 5. The quantitative estimate of drug-likeness (QED) is 0.716. The average Bonchev–Trinajstić information content (AvgIpc) is 2.81. The lowest BCUT2D eigenvalue weighted by Crippen LogP contribution is -2.74. The molecule has 0 unspecified atom stereocenters. The van der Waals surface area contributed by atoms with Gasteiger partial charge < -0.3 is 20.9 Å². The number of H-pyrrole nitrogens is 1. The molecule has 0 radical (unpaired) electrons. The molecule has 0 saturated carbocycles. The van der Waals surface area contributed by atoms with Crippen LogP contribution in [0, 0.1) is 0 Å². The second kappa shape index (κ2) is 4.45. The fourth-order valence-electron chi connectivity index (χ4n) is 2.72. The van der Waals surface area contributed by atoms with Gasteiger partial charge >= 0.3 is 0 Å². The molecule has 3 heterocycles. The number of anilines is 1. The lowest BCUT2D eigenvalue weighted by atomic mass is 9.89. The van der Waals surface area contributed by atoms with E-state index in [4.69, 9.17) is 5.73 Å². The highest BCUT2D eigenvalue weighted by Crippen LogP contribution is 2.32. The maximum Gasteiger partial charge on any atom is 0.241 e. The molecule has 1 fully saturated rings. The van der Waals surface area contributed by atoms with Gasteiger partial charge in [0, 0.05) is 19.3 Å². The fourth-order valence-corrected chi connectivity index (χ4v) is 2.72. The largest absolute Gasteiger partial charge is 0.368 e. The van der Waals surface area contributed by atoms with Crippen LogP contribution in [0.4, 0.5) is 5.82 Å². The fraction of sp³-hybridized carbons (Fsp3) is 0.462. The third kappa shape index (κ3) is 1.66. The number of aryl methyl sites for hydroxylation is 1. The van der Waals surface area contributed by atoms with Gasteiger partial charge in [0.1, 0.15) is 23.3 Å². The number of amides is 1. The molecule has 106 valence electrons. The van der Waals surface area contributed by atoms with E-state index >= 15 is 0 Å². The zero-order valence-corrected chi connectivity index (χ0v) is 11.6. The Morgan fingerprint density at radius 1 is 1.55 bits per heavy atom. The van der Waals surface area contributed by atoms with Crippen molar-refractivity contribution in [2.75, 3.05) is 25.0 Å². The van der Waals surface area contributed by atoms with Gasteiger partial charge in [0.25, 0.3) is 0 Å². The molecule has 2 aromatic heterocycles. The number of aromatic nitrogens is 3. The molecule has 7 heteroatoms. The maximum absolute atomic E-state index is 11.5. The van der Waals surface area contributed by atoms with Crippen LogP contribution < -0.4 is 16.0 Å². The van der Waals surface area contributed by atoms with Crippen molar-refractivity contribution in [2.24, 2.45) is 5.73 Å². The second-order valence-corrected chi connectivity index (χ2v) is 5.14. The maximum atomic E-state index is 11.5. The molecular weight excluding hydrogens is 256 g/mol. The Morgan fingerprint density at radius 2 is 2.30 bits per heavy atom. The molecule has 0 aliphatic carbocycles. The monoisotopic (exact) mass is 274 g/mol. The van der Waals surface area contributed by atoms with E-state index in [0.717, 1.165) is 23.3 Å². The van der Waals surface area contributed by atoms with Crippen molar-refractivity contribution in [3.63, 3.8) is 0 Å². The van der Waals surface area contributed by atoms with Crippen LogP contribution in [0.5, 0.6) is 0 Å². The first-order chi connectivity index (χ1) is 9.61. The molecule has 1 aliphatic heterocycles. The standard InChI is InChI=1S/C13H18N6O/c1-3-8-4-16-10-9(8)11(18-7-17-10)19-5-13(6-19,15-2)12(14)20/h4,7,15H,3,5-6H2,1-2H3,(H2,14,20)(H,16,17,18). The Balaban J connectivity index is 1.97. The molecule has 0 spiro atoms. The number of nitrogens with two attached hydrogens (primary N) is 1. The van der Waals surface area contributed by atoms with E-state index in [2.05, 4.69) is 32.1 Å². The molecule has 1 amide bonds. The number of likely N-dealkylation sites (N-methyl/N-ethyl adjacent to an activating group) is 1. The minimum Gasteiger partial charge on any atom is -0.368 e. The number of rotatable bonds is 4. The van der Waals surface area contributed by atoms with Crippen molar-refractivity contribution in [1.29, 1.82) is 0 Å². The summed E-state index contributed by atoms with van der Waals surface area (Å²) in [4.78, 5) is 25.4. The summed E-state index contributed by atoms with van der Waals surface area (Å²) in [5, 5.41) is 4.05. The highest BCUT2D eigenvalue weighted by Gasteiger charge is 2.48. The van der Waals surface area contributed by atoms with Gasteiger partial charge in [0.05, 0.1) is 5.39 Å². The summed E-state index contributed by atoms with van der Waals surface area (Å²) in [5.74, 6) is 0.534. The number of aromatic amines is 1. The average molecular weight is 274 g/mol. The van der Waals surface area contributed by atoms with Crippen molar-refractivity contribution < 1.29 is 4.79 Å². The summed E-state index contributed by atoms with van der Waals surface area (Å²) in [6, 6.07) is 0. The van der Waals surface area contributed by atoms with Crippen LogP contribution in [0.2, 0.25) is 0 Å². The van der Waals surface area contributed by atoms with Gasteiger partial charge in [0.2, 0.25) is 5.91 Å². The Labute approximate surface area is 116 Å². The first-order valence-corrected chi connectivity index (χ1v) is 6.66. The van der Waals surface area contributed by atoms with Crippen LogP contribution in [0.25, 0.3) is 11.0 Å². The van der Waals surface area contributed by atoms with E-state index in [1.807, 2.05) is 6.20 Å². The zero-order chi connectivity index (χ0) is 14.3. The Bertz CT molecular complexity index is 658. The van der Waals surface area contributed by atoms with Crippen molar-refractivity contribution in [2.45, 2.75) is 18.9 Å². The summed E-state index contributed by atoms with van der Waals surface area (Å²) < 4.78 is 0. The lowest BCUT2D eigenvalue weighted by molar-refractivity contribution is -0.125. The van der Waals surface area contributed by atoms with Crippen LogP contribution in [0.1, 0.15) is 12.5 Å². The van der Waals surface area contributed by atoms with E-state index in [1.165, 1.54) is 11.9 Å². The summed E-state index contributed by atoms with van der Waals surface area (Å²) >= 11 is 0. The number of carbonyl (C=O) groups excluding carboxylic acids is 1. The minimum absolute atomic E-state index is 0.327. The molecule has 2 aromatic rings. The van der Waals surface area contributed by atoms with Crippen LogP contribution in [-0.2, 0) is 11.2 Å². The Kier molecular flexibility index (Phi) is 2.86. The summed E-state index contributed by atoms with van der Waals surface area (Å²) in [6.07, 6.45) is 4.40.